The van der Waals surface area contributed by atoms with Gasteiger partial charge in [-0.15, -0.1) is 0 Å². The minimum atomic E-state index is -1.09. The Hall–Kier alpha value is -2.11. The first-order valence-corrected chi connectivity index (χ1v) is 6.00. The number of aliphatic carboxylic acids is 1. The summed E-state index contributed by atoms with van der Waals surface area (Å²) in [6.07, 6.45) is 0.973. The lowest BCUT2D eigenvalue weighted by Crippen LogP contribution is -2.42. The molecule has 0 saturated heterocycles. The van der Waals surface area contributed by atoms with Crippen molar-refractivity contribution in [3.05, 3.63) is 29.6 Å². The normalized spacial score (nSPS) is 11.7. The van der Waals surface area contributed by atoms with Crippen LogP contribution in [0.1, 0.15) is 25.3 Å². The fraction of sp³-hybridized carbons (Fsp3) is 0.385. The molecule has 0 fully saturated rings. The van der Waals surface area contributed by atoms with E-state index in [9.17, 15) is 14.0 Å². The number of carbonyl (C=O) groups is 2. The second kappa shape index (κ2) is 6.72. The predicted octanol–water partition coefficient (Wildman–Crippen LogP) is 2.51. The van der Waals surface area contributed by atoms with Gasteiger partial charge in [0, 0.05) is 5.69 Å². The van der Waals surface area contributed by atoms with E-state index in [1.165, 1.54) is 12.1 Å². The molecule has 0 heterocycles. The first kappa shape index (κ1) is 14.9. The molecule has 6 heteroatoms. The van der Waals surface area contributed by atoms with Crippen molar-refractivity contribution in [3.8, 4) is 0 Å². The summed E-state index contributed by atoms with van der Waals surface area (Å²) in [5.41, 5.74) is 0.953. The van der Waals surface area contributed by atoms with Gasteiger partial charge in [0.15, 0.2) is 0 Å². The topological polar surface area (TPSA) is 78.4 Å². The van der Waals surface area contributed by atoms with Crippen LogP contribution in [0.4, 0.5) is 14.9 Å². The Morgan fingerprint density at radius 3 is 2.58 bits per heavy atom. The van der Waals surface area contributed by atoms with Gasteiger partial charge in [-0.1, -0.05) is 13.3 Å². The Balaban J connectivity index is 2.66. The molecule has 0 aliphatic carbocycles. The highest BCUT2D eigenvalue weighted by Crippen LogP contribution is 2.13. The number of hydrogen-bond donors (Lipinski definition) is 3. The maximum atomic E-state index is 13.1. The molecule has 2 amide bonds. The number of nitrogens with one attached hydrogen (secondary N) is 2. The number of urea groups is 1. The second-order valence-corrected chi connectivity index (χ2v) is 4.30. The van der Waals surface area contributed by atoms with Crippen LogP contribution in [0.5, 0.6) is 0 Å². The summed E-state index contributed by atoms with van der Waals surface area (Å²) in [6.45, 7) is 3.52. The highest BCUT2D eigenvalue weighted by atomic mass is 19.1. The van der Waals surface area contributed by atoms with Crippen LogP contribution in [-0.2, 0) is 4.79 Å². The molecule has 0 unspecified atom stereocenters. The van der Waals surface area contributed by atoms with Gasteiger partial charge in [0.05, 0.1) is 0 Å². The average Bonchev–Trinajstić information content (AvgIpc) is 2.26. The van der Waals surface area contributed by atoms with E-state index >= 15 is 0 Å². The largest absolute Gasteiger partial charge is 0.480 e. The third-order valence-corrected chi connectivity index (χ3v) is 2.48. The lowest BCUT2D eigenvalue weighted by atomic mass is 10.2. The number of anilines is 1. The van der Waals surface area contributed by atoms with E-state index in [-0.39, 0.29) is 5.69 Å². The lowest BCUT2D eigenvalue weighted by Gasteiger charge is -2.14. The molecule has 19 heavy (non-hydrogen) atoms. The first-order chi connectivity index (χ1) is 8.92. The SMILES string of the molecule is CCC[C@@H](NC(=O)Nc1cc(C)cc(F)c1)C(=O)O. The third-order valence-electron chi connectivity index (χ3n) is 2.48. The molecule has 0 spiro atoms. The van der Waals surface area contributed by atoms with Crippen molar-refractivity contribution in [1.29, 1.82) is 0 Å². The van der Waals surface area contributed by atoms with Crippen LogP contribution in [0.3, 0.4) is 0 Å². The number of carbonyl (C=O) groups excluding carboxylic acids is 1. The number of carboxylic acids is 1. The molecule has 1 aromatic rings. The minimum Gasteiger partial charge on any atom is -0.480 e. The monoisotopic (exact) mass is 268 g/mol. The van der Waals surface area contributed by atoms with Crippen LogP contribution in [0.2, 0.25) is 0 Å². The Morgan fingerprint density at radius 1 is 1.37 bits per heavy atom. The van der Waals surface area contributed by atoms with Crippen molar-refractivity contribution in [3.63, 3.8) is 0 Å². The zero-order chi connectivity index (χ0) is 14.4. The summed E-state index contributed by atoms with van der Waals surface area (Å²) >= 11 is 0. The van der Waals surface area contributed by atoms with Crippen LogP contribution in [0, 0.1) is 12.7 Å². The summed E-state index contributed by atoms with van der Waals surface area (Å²) in [4.78, 5) is 22.5. The van der Waals surface area contributed by atoms with E-state index in [0.717, 1.165) is 0 Å². The minimum absolute atomic E-state index is 0.288. The van der Waals surface area contributed by atoms with Crippen molar-refractivity contribution in [2.45, 2.75) is 32.7 Å². The van der Waals surface area contributed by atoms with Crippen LogP contribution in [0.15, 0.2) is 18.2 Å². The van der Waals surface area contributed by atoms with E-state index in [2.05, 4.69) is 10.6 Å². The van der Waals surface area contributed by atoms with E-state index in [1.807, 2.05) is 6.92 Å². The van der Waals surface area contributed by atoms with Crippen LogP contribution in [0.25, 0.3) is 0 Å². The predicted molar refractivity (Wildman–Crippen MR) is 69.6 cm³/mol. The van der Waals surface area contributed by atoms with Gasteiger partial charge >= 0.3 is 12.0 Å². The molecule has 3 N–H and O–H groups in total. The molecule has 0 aliphatic heterocycles. The highest BCUT2D eigenvalue weighted by Gasteiger charge is 2.18. The fourth-order valence-corrected chi connectivity index (χ4v) is 1.68. The van der Waals surface area contributed by atoms with Crippen molar-refractivity contribution in [2.75, 3.05) is 5.32 Å². The van der Waals surface area contributed by atoms with Gasteiger partial charge in [-0.25, -0.2) is 14.0 Å². The van der Waals surface area contributed by atoms with Gasteiger partial charge in [0.1, 0.15) is 11.9 Å². The maximum Gasteiger partial charge on any atom is 0.326 e. The number of amides is 2. The smallest absolute Gasteiger partial charge is 0.326 e. The number of benzene rings is 1. The Bertz CT molecular complexity index is 457. The van der Waals surface area contributed by atoms with Crippen LogP contribution in [-0.4, -0.2) is 23.1 Å². The van der Waals surface area contributed by atoms with Crippen molar-refractivity contribution in [2.24, 2.45) is 0 Å². The number of carboxylic acid groups (broad SMARTS) is 1. The van der Waals surface area contributed by atoms with Crippen molar-refractivity contribution >= 4 is 17.7 Å². The summed E-state index contributed by atoms with van der Waals surface area (Å²) < 4.78 is 13.1. The van der Waals surface area contributed by atoms with Gasteiger partial charge in [-0.05, 0) is 37.1 Å². The van der Waals surface area contributed by atoms with E-state index in [1.54, 1.807) is 13.0 Å². The van der Waals surface area contributed by atoms with Crippen LogP contribution < -0.4 is 10.6 Å². The Morgan fingerprint density at radius 2 is 2.05 bits per heavy atom. The highest BCUT2D eigenvalue weighted by molar-refractivity contribution is 5.92. The van der Waals surface area contributed by atoms with E-state index in [4.69, 9.17) is 5.11 Å². The quantitative estimate of drug-likeness (QED) is 0.767. The molecule has 1 rings (SSSR count). The van der Waals surface area contributed by atoms with Crippen molar-refractivity contribution in [1.82, 2.24) is 5.32 Å². The summed E-state index contributed by atoms with van der Waals surface area (Å²) in [6, 6.07) is 2.49. The third kappa shape index (κ3) is 4.95. The summed E-state index contributed by atoms with van der Waals surface area (Å²) in [7, 11) is 0. The molecular formula is C13H17FN2O3. The number of aryl methyl sites for hydroxylation is 1. The van der Waals surface area contributed by atoms with E-state index in [0.29, 0.717) is 18.4 Å². The van der Waals surface area contributed by atoms with E-state index < -0.39 is 23.9 Å². The second-order valence-electron chi connectivity index (χ2n) is 4.30. The van der Waals surface area contributed by atoms with Crippen LogP contribution >= 0.6 is 0 Å². The molecule has 0 saturated carbocycles. The fourth-order valence-electron chi connectivity index (χ4n) is 1.68. The molecular weight excluding hydrogens is 251 g/mol. The molecule has 1 atom stereocenters. The van der Waals surface area contributed by atoms with Gasteiger partial charge in [0.25, 0.3) is 0 Å². The Labute approximate surface area is 110 Å². The molecule has 0 bridgehead atoms. The summed E-state index contributed by atoms with van der Waals surface area (Å²) in [5.74, 6) is -1.55. The average molecular weight is 268 g/mol. The molecule has 1 aromatic carbocycles. The lowest BCUT2D eigenvalue weighted by molar-refractivity contribution is -0.139. The molecule has 0 radical (unpaired) electrons. The number of halogens is 1. The molecule has 5 nitrogen and oxygen atoms in total. The van der Waals surface area contributed by atoms with Crippen molar-refractivity contribution < 1.29 is 19.1 Å². The van der Waals surface area contributed by atoms with Gasteiger partial charge in [-0.2, -0.15) is 0 Å². The maximum absolute atomic E-state index is 13.1. The van der Waals surface area contributed by atoms with Gasteiger partial charge in [-0.3, -0.25) is 0 Å². The zero-order valence-electron chi connectivity index (χ0n) is 10.9. The van der Waals surface area contributed by atoms with Gasteiger partial charge in [0.2, 0.25) is 0 Å². The van der Waals surface area contributed by atoms with Gasteiger partial charge < -0.3 is 15.7 Å². The zero-order valence-corrected chi connectivity index (χ0v) is 10.9. The molecule has 0 aromatic heterocycles. The first-order valence-electron chi connectivity index (χ1n) is 6.00. The molecule has 104 valence electrons. The molecule has 0 aliphatic rings. The standard InChI is InChI=1S/C13H17FN2O3/c1-3-4-11(12(17)18)16-13(19)15-10-6-8(2)5-9(14)7-10/h5-7,11H,3-4H2,1-2H3,(H,17,18)(H2,15,16,19)/t11-/m1/s1. The number of rotatable bonds is 5. The Kier molecular flexibility index (Phi) is 5.29. The summed E-state index contributed by atoms with van der Waals surface area (Å²) in [5, 5.41) is 13.7. The number of hydrogen-bond acceptors (Lipinski definition) is 2.